The van der Waals surface area contributed by atoms with Gasteiger partial charge in [-0.2, -0.15) is 10.2 Å². The fourth-order valence-corrected chi connectivity index (χ4v) is 17.4. The van der Waals surface area contributed by atoms with Crippen molar-refractivity contribution in [2.24, 2.45) is 22.7 Å². The Morgan fingerprint density at radius 3 is 1.48 bits per heavy atom. The van der Waals surface area contributed by atoms with Crippen molar-refractivity contribution < 1.29 is 47.5 Å². The van der Waals surface area contributed by atoms with Gasteiger partial charge in [-0.05, 0) is 263 Å². The Labute approximate surface area is 719 Å². The van der Waals surface area contributed by atoms with E-state index in [0.717, 1.165) is 185 Å². The Bertz CT molecular complexity index is 4900. The summed E-state index contributed by atoms with van der Waals surface area (Å²) < 4.78 is 33.6. The Morgan fingerprint density at radius 1 is 0.563 bits per heavy atom. The van der Waals surface area contributed by atoms with Crippen LogP contribution in [-0.4, -0.2) is 153 Å². The molecule has 28 heteroatoms. The fraction of sp³-hybridized carbons (Fsp3) is 0.549. The first-order chi connectivity index (χ1) is 57.1. The molecule has 0 unspecified atom stereocenters. The van der Waals surface area contributed by atoms with Crippen LogP contribution in [0.25, 0.3) is 33.2 Å². The summed E-state index contributed by atoms with van der Waals surface area (Å²) in [6, 6.07) is 29.1. The molecule has 9 heterocycles. The second kappa shape index (κ2) is 38.9. The molecule has 7 aliphatic rings. The summed E-state index contributed by atoms with van der Waals surface area (Å²) in [6.07, 6.45) is 17.1. The topological polar surface area (TPSA) is 280 Å². The highest BCUT2D eigenvalue weighted by atomic mass is 79.9. The van der Waals surface area contributed by atoms with Gasteiger partial charge >= 0.3 is 13.2 Å². The zero-order valence-electron chi connectivity index (χ0n) is 71.2. The van der Waals surface area contributed by atoms with E-state index in [-0.39, 0.29) is 73.2 Å². The number of ether oxygens (including phenoxy) is 3. The molecule has 2 saturated carbocycles. The first kappa shape index (κ1) is 88.6. The van der Waals surface area contributed by atoms with Gasteiger partial charge in [0.25, 0.3) is 0 Å². The lowest BCUT2D eigenvalue weighted by molar-refractivity contribution is -0.138. The van der Waals surface area contributed by atoms with Gasteiger partial charge in [0.1, 0.15) is 16.4 Å². The first-order valence-electron chi connectivity index (χ1n) is 43.1. The van der Waals surface area contributed by atoms with E-state index in [4.69, 9.17) is 56.7 Å². The first-order valence-corrected chi connectivity index (χ1v) is 44.7. The number of pyridine rings is 2. The Hall–Kier alpha value is -8.21. The number of hydrogen-bond donors (Lipinski definition) is 7. The molecule has 4 aromatic heterocycles. The molecule has 4 aromatic carbocycles. The smallest absolute Gasteiger partial charge is 0.444 e. The highest BCUT2D eigenvalue weighted by molar-refractivity contribution is 9.10. The number of nitrogens with one attached hydrogen (secondary N) is 7. The molecule has 7 fully saturated rings. The summed E-state index contributed by atoms with van der Waals surface area (Å²) in [5.74, 6) is 0.282. The number of carbonyl (C=O) groups excluding carboxylic acids is 5. The van der Waals surface area contributed by atoms with Crippen molar-refractivity contribution in [3.8, 4) is 11.1 Å². The monoisotopic (exact) mass is 1730 g/mol. The number of carbonyl (C=O) groups is 5. The minimum atomic E-state index is -1.07. The van der Waals surface area contributed by atoms with Crippen molar-refractivity contribution in [2.45, 2.75) is 247 Å². The number of aromatic nitrogens is 6. The zero-order valence-corrected chi connectivity index (χ0v) is 74.3. The molecule has 24 nitrogen and oxygen atoms in total. The van der Waals surface area contributed by atoms with E-state index in [2.05, 4.69) is 166 Å². The van der Waals surface area contributed by atoms with Crippen LogP contribution < -0.4 is 42.7 Å². The average Bonchev–Trinajstić information content (AvgIpc) is 1.65. The lowest BCUT2D eigenvalue weighted by Gasteiger charge is -2.33. The standard InChI is InChI=1S/C40H50ClN7O3.C28H34BrClN6O3.C23H36BNO4/c1-3-35-32(36(46-30-12-18-51-19-13-30)33-25-45-48(4-2)37(33)47-35)24-44-39(50)40(14-15-40)38(49)43-23-28-8-9-34(41)31(22-28)29-7-5-6-27(21-29)20-26-10-16-42-17-11-26;1-3-23-19(24(34-18-7-11-39-12-8-18)20-16-33-36(4-2)25(20)35-23)15-32-27(38)28(9-10-28)26(37)31-14-17-5-6-22(30)21(29)13-17;1-21(2,3)27-20(26)25-13-11-17(12-14-25)15-18-9-8-10-19(16-18)24-28-22(4,5)23(6,7)29-24/h5-9,21-22,25-26,30,42H,3-4,10-20,23-24H2,1-2H3,(H,43,49)(H,44,50)(H,46,47);5-6,13,16,18H,3-4,7-12,14-15H2,1-2H3,(H,31,37)(H,32,38)(H,34,35);8-10,16-17H,11-15H2,1-7H3. The summed E-state index contributed by atoms with van der Waals surface area (Å²) in [5.41, 5.74) is 11.7. The molecule has 5 amide bonds. The van der Waals surface area contributed by atoms with Gasteiger partial charge in [0.05, 0.1) is 50.8 Å². The molecule has 7 N–H and O–H groups in total. The summed E-state index contributed by atoms with van der Waals surface area (Å²) in [7, 11) is -0.325. The highest BCUT2D eigenvalue weighted by Gasteiger charge is 2.58. The van der Waals surface area contributed by atoms with Gasteiger partial charge in [0, 0.05) is 128 Å². The third-order valence-corrected chi connectivity index (χ3v) is 26.4. The maximum atomic E-state index is 13.8. The zero-order chi connectivity index (χ0) is 84.4. The van der Waals surface area contributed by atoms with Gasteiger partial charge in [0.2, 0.25) is 23.6 Å². The van der Waals surface area contributed by atoms with Gasteiger partial charge in [-0.15, -0.1) is 0 Å². The largest absolute Gasteiger partial charge is 0.494 e. The molecular formula is C91H120BBrCl2N14O10. The van der Waals surface area contributed by atoms with Crippen LogP contribution in [0.5, 0.6) is 0 Å². The van der Waals surface area contributed by atoms with Crippen LogP contribution in [-0.2, 0) is 108 Å². The Kier molecular flexibility index (Phi) is 28.9. The van der Waals surface area contributed by atoms with E-state index >= 15 is 0 Å². The molecule has 5 saturated heterocycles. The minimum Gasteiger partial charge on any atom is -0.444 e. The maximum Gasteiger partial charge on any atom is 0.494 e. The molecular weight excluding hydrogens is 1610 g/mol. The quantitative estimate of drug-likeness (QED) is 0.0196. The van der Waals surface area contributed by atoms with Crippen molar-refractivity contribution >= 4 is 115 Å². The molecule has 0 bridgehead atoms. The van der Waals surface area contributed by atoms with Crippen LogP contribution in [0.3, 0.4) is 0 Å². The Morgan fingerprint density at radius 2 is 1.02 bits per heavy atom. The third kappa shape index (κ3) is 21.5. The summed E-state index contributed by atoms with van der Waals surface area (Å²) >= 11 is 16.2. The summed E-state index contributed by atoms with van der Waals surface area (Å²) in [5, 5.41) is 35.5. The van der Waals surface area contributed by atoms with E-state index in [1.165, 1.54) is 24.0 Å². The predicted octanol–water partition coefficient (Wildman–Crippen LogP) is 15.1. The van der Waals surface area contributed by atoms with Crippen LogP contribution in [0, 0.1) is 22.7 Å². The van der Waals surface area contributed by atoms with Crippen molar-refractivity contribution in [1.82, 2.24) is 61.0 Å². The van der Waals surface area contributed by atoms with Gasteiger partial charge in [-0.25, -0.2) is 24.1 Å². The van der Waals surface area contributed by atoms with Crippen LogP contribution in [0.1, 0.15) is 198 Å². The Balaban J connectivity index is 0.000000161. The van der Waals surface area contributed by atoms with Crippen molar-refractivity contribution in [3.63, 3.8) is 0 Å². The summed E-state index contributed by atoms with van der Waals surface area (Å²) in [4.78, 5) is 77.9. The second-order valence-electron chi connectivity index (χ2n) is 35.0. The SMILES string of the molecule is CC(C)(C)OC(=O)N1CCC(Cc2cccc(B3OC(C)(C)C(C)(C)O3)c2)CC1.CCc1nc2c(cnn2CC)c(NC2CCOCC2)c1CNC(=O)C1(C(=O)NCc2ccc(Cl)c(-c3cccc(CC4CCNCC4)c3)c2)CC1.CCc1nc2c(cnn2CC)c(NC2CCOCC2)c1CNC(=O)C1(C(=O)NCc2ccc(Cl)c(Br)c2)CC1. The molecule has 2 aliphatic carbocycles. The van der Waals surface area contributed by atoms with Crippen molar-refractivity contribution in [3.05, 3.63) is 157 Å². The average molecular weight is 1730 g/mol. The minimum absolute atomic E-state index is 0.196. The van der Waals surface area contributed by atoms with Crippen LogP contribution >= 0.6 is 39.1 Å². The van der Waals surface area contributed by atoms with E-state index in [1.54, 1.807) is 6.07 Å². The molecule has 0 atom stereocenters. The molecule has 15 rings (SSSR count). The molecule has 5 aliphatic heterocycles. The molecule has 0 spiro atoms. The number of benzene rings is 4. The van der Waals surface area contributed by atoms with Crippen LogP contribution in [0.2, 0.25) is 10.0 Å². The molecule has 119 heavy (non-hydrogen) atoms. The van der Waals surface area contributed by atoms with Gasteiger partial charge in [-0.1, -0.05) is 97.7 Å². The number of piperidine rings is 2. The summed E-state index contributed by atoms with van der Waals surface area (Å²) in [6.45, 7) is 31.5. The van der Waals surface area contributed by atoms with Crippen LogP contribution in [0.4, 0.5) is 16.2 Å². The number of aryl methyl sites for hydroxylation is 4. The van der Waals surface area contributed by atoms with E-state index < -0.39 is 16.4 Å². The molecule has 0 radical (unpaired) electrons. The van der Waals surface area contributed by atoms with E-state index in [0.29, 0.717) is 93.3 Å². The molecule has 8 aromatic rings. The van der Waals surface area contributed by atoms with Gasteiger partial charge in [0.15, 0.2) is 11.3 Å². The van der Waals surface area contributed by atoms with Crippen LogP contribution in [0.15, 0.2) is 102 Å². The number of nitrogens with zero attached hydrogens (tertiary/aromatic N) is 7. The maximum absolute atomic E-state index is 13.8. The lowest BCUT2D eigenvalue weighted by atomic mass is 9.77. The molecule has 638 valence electrons. The number of fused-ring (bicyclic) bond motifs is 2. The van der Waals surface area contributed by atoms with Crippen molar-refractivity contribution in [1.29, 1.82) is 0 Å². The predicted molar refractivity (Wildman–Crippen MR) is 473 cm³/mol. The second-order valence-corrected chi connectivity index (χ2v) is 36.7. The third-order valence-electron chi connectivity index (χ3n) is 24.9. The highest BCUT2D eigenvalue weighted by Crippen LogP contribution is 2.48. The lowest BCUT2D eigenvalue weighted by Crippen LogP contribution is -2.42. The van der Waals surface area contributed by atoms with Crippen molar-refractivity contribution in [2.75, 3.05) is 63.2 Å². The normalized spacial score (nSPS) is 18.4. The number of rotatable bonds is 26. The number of hydrogen-bond acceptors (Lipinski definition) is 17. The number of halogens is 3. The van der Waals surface area contributed by atoms with Gasteiger partial charge < -0.3 is 65.6 Å². The number of amides is 5. The van der Waals surface area contributed by atoms with E-state index in [9.17, 15) is 24.0 Å². The number of likely N-dealkylation sites (tertiary alicyclic amines) is 1. The fourth-order valence-electron chi connectivity index (χ4n) is 16.6. The number of anilines is 2. The van der Waals surface area contributed by atoms with E-state index in [1.807, 2.05) is 78.6 Å². The van der Waals surface area contributed by atoms with Gasteiger partial charge in [-0.3, -0.25) is 19.2 Å².